The average Bonchev–Trinajstić information content (AvgIpc) is 2.65. The number of nitrogens with one attached hydrogen (secondary N) is 1. The zero-order valence-corrected chi connectivity index (χ0v) is 17.4. The van der Waals surface area contributed by atoms with E-state index in [1.807, 2.05) is 0 Å². The number of methoxy groups -OCH3 is 1. The first-order valence-electron chi connectivity index (χ1n) is 10.3. The molecule has 4 rings (SSSR count). The van der Waals surface area contributed by atoms with Crippen molar-refractivity contribution in [3.63, 3.8) is 0 Å². The van der Waals surface area contributed by atoms with Crippen molar-refractivity contribution in [3.8, 4) is 5.75 Å². The number of halogens is 1. The first kappa shape index (κ1) is 20.5. The molecule has 0 bridgehead atoms. The van der Waals surface area contributed by atoms with E-state index in [0.29, 0.717) is 23.8 Å². The third kappa shape index (κ3) is 4.12. The molecule has 1 saturated heterocycles. The highest BCUT2D eigenvalue weighted by Gasteiger charge is 2.39. The first-order valence-corrected chi connectivity index (χ1v) is 10.3. The van der Waals surface area contributed by atoms with Crippen molar-refractivity contribution in [3.05, 3.63) is 29.3 Å². The maximum Gasteiger partial charge on any atom is 0.226 e. The monoisotopic (exact) mass is 392 g/mol. The van der Waals surface area contributed by atoms with Crippen LogP contribution in [0.25, 0.3) is 0 Å². The van der Waals surface area contributed by atoms with Crippen molar-refractivity contribution in [2.75, 3.05) is 20.2 Å². The lowest BCUT2D eigenvalue weighted by atomic mass is 9.77. The molecule has 2 fully saturated rings. The van der Waals surface area contributed by atoms with Gasteiger partial charge in [0.2, 0.25) is 5.91 Å². The normalized spacial score (nSPS) is 24.4. The van der Waals surface area contributed by atoms with E-state index in [2.05, 4.69) is 35.3 Å². The third-order valence-electron chi connectivity index (χ3n) is 6.97. The summed E-state index contributed by atoms with van der Waals surface area (Å²) in [6.45, 7) is 4.85. The SMILES string of the molecule is COc1ccc2c(c1)CN(C(=O)C(C)C1CNC1)C(C1CCCCC1)C2.Cl. The van der Waals surface area contributed by atoms with Gasteiger partial charge in [-0.1, -0.05) is 32.3 Å². The second-order valence-electron chi connectivity index (χ2n) is 8.48. The summed E-state index contributed by atoms with van der Waals surface area (Å²) < 4.78 is 5.42. The minimum Gasteiger partial charge on any atom is -0.497 e. The Morgan fingerprint density at radius 1 is 1.19 bits per heavy atom. The largest absolute Gasteiger partial charge is 0.497 e. The molecular weight excluding hydrogens is 360 g/mol. The first-order chi connectivity index (χ1) is 12.7. The Morgan fingerprint density at radius 3 is 2.56 bits per heavy atom. The molecule has 0 spiro atoms. The molecule has 2 heterocycles. The van der Waals surface area contributed by atoms with Gasteiger partial charge in [-0.15, -0.1) is 12.4 Å². The standard InChI is InChI=1S/C22H32N2O2.ClH/c1-15(19-12-23-13-19)22(25)24-14-18-10-20(26-2)9-8-17(18)11-21(24)16-6-4-3-5-7-16;/h8-10,15-16,19,21,23H,3-7,11-14H2,1-2H3;1H. The molecule has 4 nitrogen and oxygen atoms in total. The molecular formula is C22H33ClN2O2. The number of rotatable bonds is 4. The fourth-order valence-electron chi connectivity index (χ4n) is 5.02. The van der Waals surface area contributed by atoms with Crippen LogP contribution in [0.3, 0.4) is 0 Å². The highest BCUT2D eigenvalue weighted by molar-refractivity contribution is 5.85. The lowest BCUT2D eigenvalue weighted by Crippen LogP contribution is -2.55. The van der Waals surface area contributed by atoms with Crippen LogP contribution in [0.15, 0.2) is 18.2 Å². The van der Waals surface area contributed by atoms with Gasteiger partial charge < -0.3 is 15.0 Å². The quantitative estimate of drug-likeness (QED) is 0.847. The van der Waals surface area contributed by atoms with Gasteiger partial charge in [-0.2, -0.15) is 0 Å². The molecule has 5 heteroatoms. The van der Waals surface area contributed by atoms with E-state index in [0.717, 1.165) is 31.8 Å². The summed E-state index contributed by atoms with van der Waals surface area (Å²) in [4.78, 5) is 15.7. The Labute approximate surface area is 169 Å². The van der Waals surface area contributed by atoms with Gasteiger partial charge in [0.15, 0.2) is 0 Å². The van der Waals surface area contributed by atoms with Crippen molar-refractivity contribution in [1.29, 1.82) is 0 Å². The van der Waals surface area contributed by atoms with E-state index in [9.17, 15) is 4.79 Å². The van der Waals surface area contributed by atoms with E-state index >= 15 is 0 Å². The van der Waals surface area contributed by atoms with Gasteiger partial charge in [0.05, 0.1) is 7.11 Å². The van der Waals surface area contributed by atoms with E-state index in [4.69, 9.17) is 4.74 Å². The number of ether oxygens (including phenoxy) is 1. The fraction of sp³-hybridized carbons (Fsp3) is 0.682. The molecule has 1 aromatic carbocycles. The van der Waals surface area contributed by atoms with Crippen LogP contribution in [0.2, 0.25) is 0 Å². The molecule has 0 radical (unpaired) electrons. The van der Waals surface area contributed by atoms with Crippen LogP contribution in [0, 0.1) is 17.8 Å². The molecule has 2 aliphatic heterocycles. The van der Waals surface area contributed by atoms with Crippen molar-refractivity contribution < 1.29 is 9.53 Å². The zero-order valence-electron chi connectivity index (χ0n) is 16.6. The topological polar surface area (TPSA) is 41.6 Å². The van der Waals surface area contributed by atoms with Gasteiger partial charge in [0.1, 0.15) is 5.75 Å². The predicted octanol–water partition coefficient (Wildman–Crippen LogP) is 3.81. The Kier molecular flexibility index (Phi) is 6.69. The zero-order chi connectivity index (χ0) is 18.1. The van der Waals surface area contributed by atoms with E-state index in [1.165, 1.54) is 43.2 Å². The Balaban J connectivity index is 0.00000210. The minimum absolute atomic E-state index is 0. The second-order valence-corrected chi connectivity index (χ2v) is 8.48. The summed E-state index contributed by atoms with van der Waals surface area (Å²) in [6.07, 6.45) is 7.56. The van der Waals surface area contributed by atoms with Crippen LogP contribution in [0.5, 0.6) is 5.75 Å². The van der Waals surface area contributed by atoms with Crippen molar-refractivity contribution in [2.24, 2.45) is 17.8 Å². The minimum atomic E-state index is 0. The maximum absolute atomic E-state index is 13.4. The third-order valence-corrected chi connectivity index (χ3v) is 6.97. The summed E-state index contributed by atoms with van der Waals surface area (Å²) >= 11 is 0. The number of nitrogens with zero attached hydrogens (tertiary/aromatic N) is 1. The molecule has 2 unspecified atom stereocenters. The van der Waals surface area contributed by atoms with Gasteiger partial charge in [0, 0.05) is 18.5 Å². The van der Waals surface area contributed by atoms with Crippen LogP contribution in [-0.4, -0.2) is 37.0 Å². The van der Waals surface area contributed by atoms with Crippen molar-refractivity contribution in [1.82, 2.24) is 10.2 Å². The summed E-state index contributed by atoms with van der Waals surface area (Å²) in [6, 6.07) is 6.78. The van der Waals surface area contributed by atoms with Crippen molar-refractivity contribution in [2.45, 2.75) is 58.0 Å². The van der Waals surface area contributed by atoms with Gasteiger partial charge in [-0.3, -0.25) is 4.79 Å². The Bertz CT molecular complexity index is 656. The summed E-state index contributed by atoms with van der Waals surface area (Å²) in [7, 11) is 1.71. The maximum atomic E-state index is 13.4. The fourth-order valence-corrected chi connectivity index (χ4v) is 5.02. The van der Waals surface area contributed by atoms with Crippen LogP contribution in [0.1, 0.15) is 50.2 Å². The van der Waals surface area contributed by atoms with Crippen LogP contribution >= 0.6 is 12.4 Å². The average molecular weight is 393 g/mol. The summed E-state index contributed by atoms with van der Waals surface area (Å²) in [5.74, 6) is 2.54. The number of hydrogen-bond donors (Lipinski definition) is 1. The molecule has 1 aromatic rings. The molecule has 0 aromatic heterocycles. The second kappa shape index (κ2) is 8.83. The molecule has 150 valence electrons. The van der Waals surface area contributed by atoms with Gasteiger partial charge in [-0.05, 0) is 67.4 Å². The van der Waals surface area contributed by atoms with Crippen LogP contribution in [-0.2, 0) is 17.8 Å². The lowest BCUT2D eigenvalue weighted by Gasteiger charge is -2.45. The number of carbonyl (C=O) groups is 1. The van der Waals surface area contributed by atoms with Gasteiger partial charge in [0.25, 0.3) is 0 Å². The highest BCUT2D eigenvalue weighted by Crippen LogP contribution is 2.37. The molecule has 1 N–H and O–H groups in total. The van der Waals surface area contributed by atoms with Crippen molar-refractivity contribution >= 4 is 18.3 Å². The van der Waals surface area contributed by atoms with Crippen LogP contribution < -0.4 is 10.1 Å². The molecule has 3 aliphatic rings. The Morgan fingerprint density at radius 2 is 1.93 bits per heavy atom. The number of fused-ring (bicyclic) bond motifs is 1. The van der Waals surface area contributed by atoms with Gasteiger partial charge >= 0.3 is 0 Å². The van der Waals surface area contributed by atoms with E-state index < -0.39 is 0 Å². The van der Waals surface area contributed by atoms with Crippen LogP contribution in [0.4, 0.5) is 0 Å². The number of hydrogen-bond acceptors (Lipinski definition) is 3. The summed E-state index contributed by atoms with van der Waals surface area (Å²) in [5, 5.41) is 3.32. The van der Waals surface area contributed by atoms with E-state index in [-0.39, 0.29) is 18.3 Å². The summed E-state index contributed by atoms with van der Waals surface area (Å²) in [5.41, 5.74) is 2.67. The molecule has 1 aliphatic carbocycles. The molecule has 27 heavy (non-hydrogen) atoms. The highest BCUT2D eigenvalue weighted by atomic mass is 35.5. The number of carbonyl (C=O) groups excluding carboxylic acids is 1. The van der Waals surface area contributed by atoms with E-state index in [1.54, 1.807) is 7.11 Å². The predicted molar refractivity (Wildman–Crippen MR) is 110 cm³/mol. The molecule has 1 saturated carbocycles. The molecule has 1 amide bonds. The number of amides is 1. The Hall–Kier alpha value is -1.26. The smallest absolute Gasteiger partial charge is 0.226 e. The lowest BCUT2D eigenvalue weighted by molar-refractivity contribution is -0.142. The number of benzene rings is 1. The molecule has 2 atom stereocenters. The van der Waals surface area contributed by atoms with Gasteiger partial charge in [-0.25, -0.2) is 0 Å².